The maximum Gasteiger partial charge on any atom is 0.254 e. The Balaban J connectivity index is 2.36. The average Bonchev–Trinajstić information content (AvgIpc) is 2.79. The summed E-state index contributed by atoms with van der Waals surface area (Å²) < 4.78 is 0. The molecule has 0 fully saturated rings. The molecule has 94 valence electrons. The molecule has 2 heterocycles. The molecule has 2 rings (SSSR count). The van der Waals surface area contributed by atoms with Crippen LogP contribution in [-0.2, 0) is 0 Å². The van der Waals surface area contributed by atoms with Gasteiger partial charge in [-0.05, 0) is 24.1 Å². The summed E-state index contributed by atoms with van der Waals surface area (Å²) in [7, 11) is 0. The lowest BCUT2D eigenvalue weighted by molar-refractivity contribution is 0.0955. The number of nitrogens with one attached hydrogen (secondary N) is 1. The number of nitrogens with two attached hydrogens (primary N) is 1. The monoisotopic (exact) mass is 261 g/mol. The van der Waals surface area contributed by atoms with Crippen LogP contribution >= 0.6 is 11.3 Å². The number of rotatable bonds is 4. The lowest BCUT2D eigenvalue weighted by Crippen LogP contribution is -2.24. The molecule has 0 saturated heterocycles. The summed E-state index contributed by atoms with van der Waals surface area (Å²) in [5, 5.41) is 5.32. The second-order valence-electron chi connectivity index (χ2n) is 3.88. The van der Waals surface area contributed by atoms with Crippen molar-refractivity contribution in [2.75, 3.05) is 12.3 Å². The second-order valence-corrected chi connectivity index (χ2v) is 4.79. The summed E-state index contributed by atoms with van der Waals surface area (Å²) in [4.78, 5) is 16.1. The van der Waals surface area contributed by atoms with Crippen LogP contribution in [0.1, 0.15) is 23.7 Å². The zero-order valence-corrected chi connectivity index (χ0v) is 11.0. The molecular weight excluding hydrogens is 246 g/mol. The third kappa shape index (κ3) is 2.51. The maximum atomic E-state index is 12.1. The predicted octanol–water partition coefficient (Wildman–Crippen LogP) is 2.53. The van der Waals surface area contributed by atoms with Crippen molar-refractivity contribution in [3.05, 3.63) is 35.5 Å². The van der Waals surface area contributed by atoms with Crippen molar-refractivity contribution in [1.82, 2.24) is 10.3 Å². The summed E-state index contributed by atoms with van der Waals surface area (Å²) in [6.07, 6.45) is 4.31. The number of pyridine rings is 1. The molecule has 0 saturated carbocycles. The Bertz CT molecular complexity index is 536. The Hall–Kier alpha value is -1.88. The van der Waals surface area contributed by atoms with Crippen LogP contribution in [0.15, 0.2) is 29.9 Å². The van der Waals surface area contributed by atoms with Crippen molar-refractivity contribution in [3.8, 4) is 11.1 Å². The van der Waals surface area contributed by atoms with E-state index >= 15 is 0 Å². The second kappa shape index (κ2) is 5.64. The molecule has 0 bridgehead atoms. The van der Waals surface area contributed by atoms with Crippen LogP contribution in [0.25, 0.3) is 11.1 Å². The molecule has 0 aliphatic heterocycles. The number of nitrogens with zero attached hydrogens (tertiary/aromatic N) is 1. The molecule has 0 unspecified atom stereocenters. The molecule has 0 atom stereocenters. The molecule has 2 aromatic rings. The summed E-state index contributed by atoms with van der Waals surface area (Å²) in [5.41, 5.74) is 8.29. The highest BCUT2D eigenvalue weighted by Gasteiger charge is 2.17. The third-order valence-electron chi connectivity index (χ3n) is 2.57. The van der Waals surface area contributed by atoms with Gasteiger partial charge in [0.05, 0.1) is 10.6 Å². The number of aromatic nitrogens is 1. The first kappa shape index (κ1) is 12.6. The average molecular weight is 261 g/mol. The zero-order valence-electron chi connectivity index (χ0n) is 10.1. The smallest absolute Gasteiger partial charge is 0.254 e. The van der Waals surface area contributed by atoms with Crippen molar-refractivity contribution >= 4 is 22.2 Å². The molecule has 2 aromatic heterocycles. The number of carbonyl (C=O) groups is 1. The van der Waals surface area contributed by atoms with Gasteiger partial charge in [0.15, 0.2) is 0 Å². The van der Waals surface area contributed by atoms with E-state index in [4.69, 9.17) is 5.73 Å². The van der Waals surface area contributed by atoms with Gasteiger partial charge >= 0.3 is 0 Å². The Morgan fingerprint density at radius 3 is 2.83 bits per heavy atom. The van der Waals surface area contributed by atoms with Crippen LogP contribution < -0.4 is 11.1 Å². The molecule has 0 aliphatic carbocycles. The Labute approximate surface area is 110 Å². The number of carbonyl (C=O) groups excluding carboxylic acids is 1. The van der Waals surface area contributed by atoms with Gasteiger partial charge in [0.2, 0.25) is 0 Å². The van der Waals surface area contributed by atoms with Gasteiger partial charge in [-0.3, -0.25) is 9.78 Å². The molecule has 0 radical (unpaired) electrons. The van der Waals surface area contributed by atoms with Crippen molar-refractivity contribution < 1.29 is 4.79 Å². The molecular formula is C13H15N3OS. The minimum absolute atomic E-state index is 0.109. The van der Waals surface area contributed by atoms with Crippen LogP contribution in [-0.4, -0.2) is 17.4 Å². The fourth-order valence-corrected chi connectivity index (χ4v) is 2.50. The Kier molecular flexibility index (Phi) is 3.94. The van der Waals surface area contributed by atoms with E-state index in [0.717, 1.165) is 17.5 Å². The van der Waals surface area contributed by atoms with Gasteiger partial charge in [0.25, 0.3) is 5.91 Å². The minimum Gasteiger partial charge on any atom is -0.390 e. The van der Waals surface area contributed by atoms with E-state index in [2.05, 4.69) is 10.3 Å². The molecule has 0 spiro atoms. The quantitative estimate of drug-likeness (QED) is 0.888. The van der Waals surface area contributed by atoms with Gasteiger partial charge < -0.3 is 11.1 Å². The van der Waals surface area contributed by atoms with E-state index in [0.29, 0.717) is 17.1 Å². The Morgan fingerprint density at radius 2 is 2.17 bits per heavy atom. The number of amides is 1. The van der Waals surface area contributed by atoms with E-state index < -0.39 is 0 Å². The van der Waals surface area contributed by atoms with Crippen molar-refractivity contribution in [2.45, 2.75) is 13.3 Å². The van der Waals surface area contributed by atoms with E-state index in [9.17, 15) is 4.79 Å². The van der Waals surface area contributed by atoms with Crippen LogP contribution in [0.2, 0.25) is 0 Å². The summed E-state index contributed by atoms with van der Waals surface area (Å²) >= 11 is 1.38. The SMILES string of the molecule is CCCNC(=O)c1c(-c2ccncc2)csc1N. The standard InChI is InChI=1S/C13H15N3OS/c1-2-5-16-13(17)11-10(8-18-12(11)14)9-3-6-15-7-4-9/h3-4,6-8H,2,5,14H2,1H3,(H,16,17). The first-order valence-electron chi connectivity index (χ1n) is 5.79. The predicted molar refractivity (Wildman–Crippen MR) is 74.6 cm³/mol. The van der Waals surface area contributed by atoms with E-state index in [-0.39, 0.29) is 5.91 Å². The number of nitrogen functional groups attached to an aromatic ring is 1. The largest absolute Gasteiger partial charge is 0.390 e. The van der Waals surface area contributed by atoms with Crippen LogP contribution in [0.5, 0.6) is 0 Å². The van der Waals surface area contributed by atoms with Crippen molar-refractivity contribution in [2.24, 2.45) is 0 Å². The molecule has 1 amide bonds. The zero-order chi connectivity index (χ0) is 13.0. The molecule has 5 heteroatoms. The molecule has 18 heavy (non-hydrogen) atoms. The molecule has 3 N–H and O–H groups in total. The number of hydrogen-bond acceptors (Lipinski definition) is 4. The first-order valence-corrected chi connectivity index (χ1v) is 6.67. The Morgan fingerprint density at radius 1 is 1.44 bits per heavy atom. The van der Waals surface area contributed by atoms with Gasteiger partial charge in [-0.1, -0.05) is 6.92 Å². The van der Waals surface area contributed by atoms with Gasteiger partial charge in [0.1, 0.15) is 0 Å². The van der Waals surface area contributed by atoms with Crippen LogP contribution in [0.4, 0.5) is 5.00 Å². The fourth-order valence-electron chi connectivity index (χ4n) is 1.68. The van der Waals surface area contributed by atoms with E-state index in [1.54, 1.807) is 12.4 Å². The van der Waals surface area contributed by atoms with E-state index in [1.807, 2.05) is 24.4 Å². The highest BCUT2D eigenvalue weighted by atomic mass is 32.1. The van der Waals surface area contributed by atoms with Crippen LogP contribution in [0, 0.1) is 0 Å². The van der Waals surface area contributed by atoms with Gasteiger partial charge in [-0.15, -0.1) is 11.3 Å². The first-order chi connectivity index (χ1) is 8.74. The van der Waals surface area contributed by atoms with Crippen molar-refractivity contribution in [1.29, 1.82) is 0 Å². The summed E-state index contributed by atoms with van der Waals surface area (Å²) in [6, 6.07) is 3.75. The van der Waals surface area contributed by atoms with Gasteiger partial charge in [-0.2, -0.15) is 0 Å². The number of hydrogen-bond donors (Lipinski definition) is 2. The highest BCUT2D eigenvalue weighted by molar-refractivity contribution is 7.15. The minimum atomic E-state index is -0.109. The van der Waals surface area contributed by atoms with Crippen LogP contribution in [0.3, 0.4) is 0 Å². The van der Waals surface area contributed by atoms with Gasteiger partial charge in [-0.25, -0.2) is 0 Å². The molecule has 0 aromatic carbocycles. The van der Waals surface area contributed by atoms with E-state index in [1.165, 1.54) is 11.3 Å². The number of thiophene rings is 1. The highest BCUT2D eigenvalue weighted by Crippen LogP contribution is 2.33. The molecule has 4 nitrogen and oxygen atoms in total. The van der Waals surface area contributed by atoms with Crippen molar-refractivity contribution in [3.63, 3.8) is 0 Å². The fraction of sp³-hybridized carbons (Fsp3) is 0.231. The lowest BCUT2D eigenvalue weighted by atomic mass is 10.1. The number of anilines is 1. The normalized spacial score (nSPS) is 10.3. The topological polar surface area (TPSA) is 68.0 Å². The summed E-state index contributed by atoms with van der Waals surface area (Å²) in [6.45, 7) is 2.67. The van der Waals surface area contributed by atoms with Gasteiger partial charge in [0, 0.05) is 29.9 Å². The maximum absolute atomic E-state index is 12.1. The molecule has 0 aliphatic rings. The summed E-state index contributed by atoms with van der Waals surface area (Å²) in [5.74, 6) is -0.109. The lowest BCUT2D eigenvalue weighted by Gasteiger charge is -2.06. The third-order valence-corrected chi connectivity index (χ3v) is 3.39.